The van der Waals surface area contributed by atoms with Crippen molar-refractivity contribution in [2.24, 2.45) is 0 Å². The van der Waals surface area contributed by atoms with Gasteiger partial charge in [0, 0.05) is 6.92 Å². The number of hydrogen-bond acceptors (Lipinski definition) is 3. The van der Waals surface area contributed by atoms with Gasteiger partial charge in [-0.05, 0) is 18.6 Å². The van der Waals surface area contributed by atoms with Crippen LogP contribution in [0.15, 0.2) is 11.6 Å². The third kappa shape index (κ3) is 5.03. The van der Waals surface area contributed by atoms with Crippen LogP contribution >= 0.6 is 0 Å². The van der Waals surface area contributed by atoms with Crippen molar-refractivity contribution in [3.63, 3.8) is 0 Å². The minimum absolute atomic E-state index is 0.180. The first-order chi connectivity index (χ1) is 4.66. The molecule has 0 saturated heterocycles. The minimum Gasteiger partial charge on any atom is -0.462 e. The van der Waals surface area contributed by atoms with Gasteiger partial charge in [-0.1, -0.05) is 0 Å². The number of esters is 1. The molecule has 0 unspecified atom stereocenters. The highest BCUT2D eigenvalue weighted by Gasteiger charge is 1.88. The smallest absolute Gasteiger partial charge is 0.302 e. The summed E-state index contributed by atoms with van der Waals surface area (Å²) in [6.45, 7) is 3.15. The average Bonchev–Trinajstić information content (AvgIpc) is 1.87. The van der Waals surface area contributed by atoms with Crippen LogP contribution in [0.2, 0.25) is 0 Å². The van der Waals surface area contributed by atoms with E-state index in [-0.39, 0.29) is 12.6 Å². The second-order valence-corrected chi connectivity index (χ2v) is 1.87. The zero-order chi connectivity index (χ0) is 7.98. The molecule has 10 heavy (non-hydrogen) atoms. The minimum atomic E-state index is -0.338. The zero-order valence-electron chi connectivity index (χ0n) is 6.09. The third-order valence-electron chi connectivity index (χ3n) is 0.878. The van der Waals surface area contributed by atoms with Crippen LogP contribution in [0, 0.1) is 0 Å². The van der Waals surface area contributed by atoms with Crippen molar-refractivity contribution >= 4 is 12.3 Å². The van der Waals surface area contributed by atoms with Gasteiger partial charge >= 0.3 is 5.97 Å². The Hall–Kier alpha value is -1.12. The Kier molecular flexibility index (Phi) is 4.20. The lowest BCUT2D eigenvalue weighted by Gasteiger charge is -1.94. The summed E-state index contributed by atoms with van der Waals surface area (Å²) in [6.07, 6.45) is 2.26. The molecule has 0 amide bonds. The summed E-state index contributed by atoms with van der Waals surface area (Å²) >= 11 is 0. The standard InChI is InChI=1S/C7H10O3/c1-6(5-8)3-4-10-7(2)9/h3,5H,4H2,1-2H3/b6-3-. The number of aldehydes is 1. The molecule has 0 radical (unpaired) electrons. The summed E-state index contributed by atoms with van der Waals surface area (Å²) in [5, 5.41) is 0. The fourth-order valence-corrected chi connectivity index (χ4v) is 0.339. The van der Waals surface area contributed by atoms with Gasteiger partial charge in [-0.25, -0.2) is 0 Å². The lowest BCUT2D eigenvalue weighted by Crippen LogP contribution is -1.98. The number of allylic oxidation sites excluding steroid dienone is 1. The van der Waals surface area contributed by atoms with Gasteiger partial charge in [0.2, 0.25) is 0 Å². The Morgan fingerprint density at radius 1 is 1.50 bits per heavy atom. The van der Waals surface area contributed by atoms with E-state index in [1.54, 1.807) is 13.0 Å². The normalized spacial score (nSPS) is 10.8. The molecule has 0 aromatic heterocycles. The molecule has 0 aliphatic rings. The average molecular weight is 142 g/mol. The maximum atomic E-state index is 10.2. The van der Waals surface area contributed by atoms with Gasteiger partial charge < -0.3 is 4.74 Å². The Labute approximate surface area is 59.7 Å². The molecule has 0 aliphatic carbocycles. The van der Waals surface area contributed by atoms with Crippen LogP contribution in [0.25, 0.3) is 0 Å². The largest absolute Gasteiger partial charge is 0.462 e. The van der Waals surface area contributed by atoms with E-state index < -0.39 is 0 Å². The maximum absolute atomic E-state index is 10.2. The fourth-order valence-electron chi connectivity index (χ4n) is 0.339. The van der Waals surface area contributed by atoms with Crippen molar-refractivity contribution in [3.8, 4) is 0 Å². The van der Waals surface area contributed by atoms with E-state index in [9.17, 15) is 9.59 Å². The quantitative estimate of drug-likeness (QED) is 0.331. The second-order valence-electron chi connectivity index (χ2n) is 1.87. The first-order valence-corrected chi connectivity index (χ1v) is 2.92. The van der Waals surface area contributed by atoms with E-state index in [1.807, 2.05) is 0 Å². The van der Waals surface area contributed by atoms with Crippen molar-refractivity contribution in [3.05, 3.63) is 11.6 Å². The molecule has 0 spiro atoms. The van der Waals surface area contributed by atoms with Crippen molar-refractivity contribution in [1.29, 1.82) is 0 Å². The van der Waals surface area contributed by atoms with Gasteiger partial charge in [-0.15, -0.1) is 0 Å². The van der Waals surface area contributed by atoms with Crippen LogP contribution in [-0.2, 0) is 14.3 Å². The SMILES string of the molecule is CC(=O)OC/C=C(/C)C=O. The highest BCUT2D eigenvalue weighted by atomic mass is 16.5. The summed E-state index contributed by atoms with van der Waals surface area (Å²) in [5.74, 6) is -0.338. The summed E-state index contributed by atoms with van der Waals surface area (Å²) in [6, 6.07) is 0. The predicted molar refractivity (Wildman–Crippen MR) is 36.5 cm³/mol. The second kappa shape index (κ2) is 4.73. The molecule has 0 aromatic rings. The molecule has 0 aliphatic heterocycles. The Bertz CT molecular complexity index is 158. The summed E-state index contributed by atoms with van der Waals surface area (Å²) in [4.78, 5) is 20.1. The number of rotatable bonds is 3. The van der Waals surface area contributed by atoms with Crippen LogP contribution in [0.5, 0.6) is 0 Å². The summed E-state index contributed by atoms with van der Waals surface area (Å²) < 4.78 is 4.54. The molecule has 0 atom stereocenters. The van der Waals surface area contributed by atoms with E-state index in [1.165, 1.54) is 6.92 Å². The van der Waals surface area contributed by atoms with Crippen molar-refractivity contribution in [2.75, 3.05) is 6.61 Å². The predicted octanol–water partition coefficient (Wildman–Crippen LogP) is 0.695. The van der Waals surface area contributed by atoms with Crippen LogP contribution < -0.4 is 0 Å². The van der Waals surface area contributed by atoms with Crippen LogP contribution in [0.1, 0.15) is 13.8 Å². The molecule has 3 nitrogen and oxygen atoms in total. The van der Waals surface area contributed by atoms with E-state index in [4.69, 9.17) is 0 Å². The molecule has 56 valence electrons. The van der Waals surface area contributed by atoms with Gasteiger partial charge in [0.15, 0.2) is 0 Å². The summed E-state index contributed by atoms with van der Waals surface area (Å²) in [7, 11) is 0. The number of hydrogen-bond donors (Lipinski definition) is 0. The van der Waals surface area contributed by atoms with E-state index in [0.29, 0.717) is 11.9 Å². The topological polar surface area (TPSA) is 43.4 Å². The lowest BCUT2D eigenvalue weighted by molar-refractivity contribution is -0.139. The fraction of sp³-hybridized carbons (Fsp3) is 0.429. The first-order valence-electron chi connectivity index (χ1n) is 2.92. The molecular weight excluding hydrogens is 132 g/mol. The molecule has 0 heterocycles. The molecular formula is C7H10O3. The number of carbonyl (C=O) groups is 2. The van der Waals surface area contributed by atoms with Crippen molar-refractivity contribution in [1.82, 2.24) is 0 Å². The summed E-state index contributed by atoms with van der Waals surface area (Å²) in [5.41, 5.74) is 0.571. The van der Waals surface area contributed by atoms with E-state index in [0.717, 1.165) is 0 Å². The lowest BCUT2D eigenvalue weighted by atomic mass is 10.3. The molecule has 3 heteroatoms. The molecule has 0 fully saturated rings. The Morgan fingerprint density at radius 2 is 2.10 bits per heavy atom. The molecule has 0 rings (SSSR count). The van der Waals surface area contributed by atoms with Crippen LogP contribution in [0.4, 0.5) is 0 Å². The van der Waals surface area contributed by atoms with Gasteiger partial charge in [0.1, 0.15) is 12.9 Å². The van der Waals surface area contributed by atoms with Crippen LogP contribution in [-0.4, -0.2) is 18.9 Å². The van der Waals surface area contributed by atoms with E-state index in [2.05, 4.69) is 4.74 Å². The third-order valence-corrected chi connectivity index (χ3v) is 0.878. The molecule has 0 bridgehead atoms. The Morgan fingerprint density at radius 3 is 2.50 bits per heavy atom. The van der Waals surface area contributed by atoms with E-state index >= 15 is 0 Å². The first kappa shape index (κ1) is 8.88. The van der Waals surface area contributed by atoms with Gasteiger partial charge in [0.05, 0.1) is 0 Å². The van der Waals surface area contributed by atoms with Gasteiger partial charge in [-0.3, -0.25) is 9.59 Å². The van der Waals surface area contributed by atoms with Crippen molar-refractivity contribution < 1.29 is 14.3 Å². The molecule has 0 N–H and O–H groups in total. The maximum Gasteiger partial charge on any atom is 0.302 e. The van der Waals surface area contributed by atoms with Crippen LogP contribution in [0.3, 0.4) is 0 Å². The number of ether oxygens (including phenoxy) is 1. The van der Waals surface area contributed by atoms with Crippen molar-refractivity contribution in [2.45, 2.75) is 13.8 Å². The highest BCUT2D eigenvalue weighted by Crippen LogP contribution is 1.86. The molecule has 0 saturated carbocycles. The number of carbonyl (C=O) groups excluding carboxylic acids is 2. The van der Waals surface area contributed by atoms with Gasteiger partial charge in [-0.2, -0.15) is 0 Å². The molecule has 0 aromatic carbocycles. The Balaban J connectivity index is 3.52. The van der Waals surface area contributed by atoms with Gasteiger partial charge in [0.25, 0.3) is 0 Å². The highest BCUT2D eigenvalue weighted by molar-refractivity contribution is 5.72. The zero-order valence-corrected chi connectivity index (χ0v) is 6.09. The monoisotopic (exact) mass is 142 g/mol.